The SMILES string of the molecule is C#C.Cc1cccc(SN[C@H]2CC(C)(C)Oc3ccc(C(=O)N4CCC/C4=C\Nc4c(C)cccc4C)cc32)c1. The van der Waals surface area contributed by atoms with E-state index in [0.717, 1.165) is 48.5 Å². The van der Waals surface area contributed by atoms with Crippen LogP contribution in [-0.2, 0) is 0 Å². The van der Waals surface area contributed by atoms with Gasteiger partial charge in [0.05, 0.1) is 0 Å². The molecule has 1 amide bonds. The summed E-state index contributed by atoms with van der Waals surface area (Å²) in [7, 11) is 0. The number of rotatable bonds is 6. The summed E-state index contributed by atoms with van der Waals surface area (Å²) in [5.41, 5.74) is 7.18. The van der Waals surface area contributed by atoms with Gasteiger partial charge in [-0.3, -0.25) is 9.52 Å². The van der Waals surface area contributed by atoms with E-state index in [1.54, 1.807) is 11.9 Å². The Morgan fingerprint density at radius 1 is 1.05 bits per heavy atom. The zero-order chi connectivity index (χ0) is 28.9. The van der Waals surface area contributed by atoms with E-state index in [0.29, 0.717) is 5.56 Å². The number of nitrogens with one attached hydrogen (secondary N) is 2. The summed E-state index contributed by atoms with van der Waals surface area (Å²) in [6.45, 7) is 11.3. The maximum absolute atomic E-state index is 13.7. The van der Waals surface area contributed by atoms with Crippen LogP contribution in [0.15, 0.2) is 77.5 Å². The van der Waals surface area contributed by atoms with Crippen molar-refractivity contribution in [3.63, 3.8) is 0 Å². The molecule has 40 heavy (non-hydrogen) atoms. The molecule has 2 N–H and O–H groups in total. The van der Waals surface area contributed by atoms with Crippen molar-refractivity contribution in [2.75, 3.05) is 11.9 Å². The number of anilines is 1. The molecule has 0 aromatic heterocycles. The Morgan fingerprint density at radius 3 is 2.50 bits per heavy atom. The van der Waals surface area contributed by atoms with Gasteiger partial charge in [0.2, 0.25) is 0 Å². The lowest BCUT2D eigenvalue weighted by atomic mass is 9.89. The van der Waals surface area contributed by atoms with E-state index < -0.39 is 0 Å². The maximum atomic E-state index is 13.7. The molecule has 1 atom stereocenters. The standard InChI is InChI=1S/C32H37N3O2S.C2H2/c1-21-9-6-13-26(17-21)38-34-28-19-32(4,5)37-29-15-14-24(18-27(28)29)31(36)35-16-8-12-25(35)20-33-30-22(2)10-7-11-23(30)3;1-2/h6-7,9-11,13-15,17-18,20,28,33-34H,8,12,16,19H2,1-5H3;1-2H/b25-20+;/t28-;/m0./s1. The molecular weight excluding hydrogens is 514 g/mol. The molecule has 3 aromatic rings. The van der Waals surface area contributed by atoms with Crippen LogP contribution in [0.5, 0.6) is 5.75 Å². The molecule has 0 bridgehead atoms. The molecule has 3 aromatic carbocycles. The Kier molecular flexibility index (Phi) is 9.29. The Labute approximate surface area is 243 Å². The van der Waals surface area contributed by atoms with Gasteiger partial charge in [0.15, 0.2) is 0 Å². The molecule has 5 nitrogen and oxygen atoms in total. The van der Waals surface area contributed by atoms with E-state index >= 15 is 0 Å². The van der Waals surface area contributed by atoms with Gasteiger partial charge in [-0.05, 0) is 106 Å². The number of hydrogen-bond acceptors (Lipinski definition) is 5. The summed E-state index contributed by atoms with van der Waals surface area (Å²) in [6.07, 6.45) is 12.7. The van der Waals surface area contributed by atoms with Crippen molar-refractivity contribution >= 4 is 23.5 Å². The van der Waals surface area contributed by atoms with E-state index in [-0.39, 0.29) is 17.6 Å². The van der Waals surface area contributed by atoms with Crippen LogP contribution in [0.3, 0.4) is 0 Å². The Morgan fingerprint density at radius 2 is 1.77 bits per heavy atom. The molecule has 0 radical (unpaired) electrons. The minimum Gasteiger partial charge on any atom is -0.487 e. The summed E-state index contributed by atoms with van der Waals surface area (Å²) < 4.78 is 9.98. The summed E-state index contributed by atoms with van der Waals surface area (Å²) >= 11 is 1.63. The number of para-hydroxylation sites is 1. The molecule has 6 heteroatoms. The smallest absolute Gasteiger partial charge is 0.258 e. The zero-order valence-electron chi connectivity index (χ0n) is 24.1. The van der Waals surface area contributed by atoms with Gasteiger partial charge in [0.1, 0.15) is 11.4 Å². The van der Waals surface area contributed by atoms with Crippen LogP contribution < -0.4 is 14.8 Å². The van der Waals surface area contributed by atoms with Gasteiger partial charge in [-0.25, -0.2) is 0 Å². The van der Waals surface area contributed by atoms with Gasteiger partial charge in [-0.1, -0.05) is 30.3 Å². The number of hydrogen-bond donors (Lipinski definition) is 2. The molecule has 208 valence electrons. The highest BCUT2D eigenvalue weighted by Crippen LogP contribution is 2.41. The van der Waals surface area contributed by atoms with Crippen LogP contribution in [0.4, 0.5) is 5.69 Å². The van der Waals surface area contributed by atoms with Crippen LogP contribution in [0, 0.1) is 33.6 Å². The van der Waals surface area contributed by atoms with Gasteiger partial charge in [0.25, 0.3) is 5.91 Å². The van der Waals surface area contributed by atoms with E-state index in [1.165, 1.54) is 21.6 Å². The lowest BCUT2D eigenvalue weighted by Gasteiger charge is -2.38. The lowest BCUT2D eigenvalue weighted by Crippen LogP contribution is -2.38. The van der Waals surface area contributed by atoms with Gasteiger partial charge in [-0.2, -0.15) is 0 Å². The molecule has 0 spiro atoms. The highest BCUT2D eigenvalue weighted by molar-refractivity contribution is 7.97. The van der Waals surface area contributed by atoms with Crippen LogP contribution in [0.1, 0.15) is 71.8 Å². The average Bonchev–Trinajstić information content (AvgIpc) is 3.40. The van der Waals surface area contributed by atoms with E-state index in [9.17, 15) is 4.79 Å². The second kappa shape index (κ2) is 12.7. The van der Waals surface area contributed by atoms with E-state index in [4.69, 9.17) is 4.74 Å². The molecule has 0 saturated carbocycles. The first-order valence-corrected chi connectivity index (χ1v) is 14.5. The van der Waals surface area contributed by atoms with Crippen LogP contribution >= 0.6 is 11.9 Å². The van der Waals surface area contributed by atoms with Crippen molar-refractivity contribution in [1.82, 2.24) is 9.62 Å². The van der Waals surface area contributed by atoms with E-state index in [1.807, 2.05) is 29.3 Å². The van der Waals surface area contributed by atoms with Crippen LogP contribution in [0.2, 0.25) is 0 Å². The van der Waals surface area contributed by atoms with Crippen LogP contribution in [-0.4, -0.2) is 23.0 Å². The number of carbonyl (C=O) groups is 1. The molecule has 2 aliphatic heterocycles. The Hall–Kier alpha value is -3.66. The first kappa shape index (κ1) is 29.3. The fraction of sp³-hybridized carbons (Fsp3) is 0.324. The first-order valence-electron chi connectivity index (χ1n) is 13.7. The second-order valence-corrected chi connectivity index (χ2v) is 11.9. The third kappa shape index (κ3) is 6.72. The van der Waals surface area contributed by atoms with E-state index in [2.05, 4.69) is 100.0 Å². The number of allylic oxidation sites excluding steroid dienone is 1. The molecule has 2 heterocycles. The van der Waals surface area contributed by atoms with Crippen molar-refractivity contribution < 1.29 is 9.53 Å². The van der Waals surface area contributed by atoms with Gasteiger partial charge in [0, 0.05) is 52.6 Å². The largest absolute Gasteiger partial charge is 0.487 e. The molecule has 1 fully saturated rings. The third-order valence-electron chi connectivity index (χ3n) is 7.29. The fourth-order valence-corrected chi connectivity index (χ4v) is 6.22. The number of nitrogens with zero attached hydrogens (tertiary/aromatic N) is 1. The maximum Gasteiger partial charge on any atom is 0.258 e. The predicted molar refractivity (Wildman–Crippen MR) is 166 cm³/mol. The summed E-state index contributed by atoms with van der Waals surface area (Å²) in [6, 6.07) is 20.7. The number of likely N-dealkylation sites (tertiary alicyclic amines) is 1. The average molecular weight is 554 g/mol. The topological polar surface area (TPSA) is 53.6 Å². The molecule has 2 aliphatic rings. The van der Waals surface area contributed by atoms with Crippen molar-refractivity contribution in [2.24, 2.45) is 0 Å². The molecule has 1 saturated heterocycles. The number of ether oxygens (including phenoxy) is 1. The minimum atomic E-state index is -0.298. The number of amides is 1. The lowest BCUT2D eigenvalue weighted by molar-refractivity contribution is 0.0704. The normalized spacial score (nSPS) is 18.3. The quantitative estimate of drug-likeness (QED) is 0.240. The number of terminal acetylenes is 1. The predicted octanol–water partition coefficient (Wildman–Crippen LogP) is 7.95. The fourth-order valence-electron chi connectivity index (χ4n) is 5.34. The monoisotopic (exact) mass is 553 g/mol. The molecule has 0 aliphatic carbocycles. The summed E-state index contributed by atoms with van der Waals surface area (Å²) in [4.78, 5) is 16.8. The van der Waals surface area contributed by atoms with Crippen molar-refractivity contribution in [2.45, 2.75) is 70.4 Å². The number of aryl methyl sites for hydroxylation is 3. The Balaban J connectivity index is 0.00000181. The number of fused-ring (bicyclic) bond motifs is 1. The van der Waals surface area contributed by atoms with Crippen LogP contribution in [0.25, 0.3) is 0 Å². The van der Waals surface area contributed by atoms with Gasteiger partial charge < -0.3 is 15.0 Å². The van der Waals surface area contributed by atoms with Crippen molar-refractivity contribution in [1.29, 1.82) is 0 Å². The Bertz CT molecular complexity index is 1410. The minimum absolute atomic E-state index is 0.0368. The molecular formula is C34H39N3O2S. The molecule has 5 rings (SSSR count). The highest BCUT2D eigenvalue weighted by atomic mass is 32.2. The third-order valence-corrected chi connectivity index (χ3v) is 8.19. The number of benzene rings is 3. The number of carbonyl (C=O) groups excluding carboxylic acids is 1. The summed E-state index contributed by atoms with van der Waals surface area (Å²) in [5, 5.41) is 3.47. The summed E-state index contributed by atoms with van der Waals surface area (Å²) in [5.74, 6) is 0.879. The van der Waals surface area contributed by atoms with Gasteiger partial charge >= 0.3 is 0 Å². The van der Waals surface area contributed by atoms with Crippen molar-refractivity contribution in [3.8, 4) is 18.6 Å². The highest BCUT2D eigenvalue weighted by Gasteiger charge is 2.35. The molecule has 0 unspecified atom stereocenters. The van der Waals surface area contributed by atoms with Gasteiger partial charge in [-0.15, -0.1) is 12.8 Å². The zero-order valence-corrected chi connectivity index (χ0v) is 24.9. The van der Waals surface area contributed by atoms with Crippen molar-refractivity contribution in [3.05, 3.63) is 100 Å². The second-order valence-electron chi connectivity index (χ2n) is 11.0. The first-order chi connectivity index (χ1) is 19.2.